The standard InChI is InChI=1S/C17H26N2O/c1-3-19-10-4-5-14(19)12-18-17-9-7-13-6-8-15(20-2)11-16(13)17/h6,8,11,14,17-18H,3-5,7,9-10,12H2,1-2H3. The smallest absolute Gasteiger partial charge is 0.119 e. The van der Waals surface area contributed by atoms with E-state index in [0.717, 1.165) is 18.3 Å². The van der Waals surface area contributed by atoms with Gasteiger partial charge in [-0.05, 0) is 62.0 Å². The van der Waals surface area contributed by atoms with Crippen LogP contribution in [0.3, 0.4) is 0 Å². The summed E-state index contributed by atoms with van der Waals surface area (Å²) in [6, 6.07) is 7.77. The van der Waals surface area contributed by atoms with Crippen molar-refractivity contribution < 1.29 is 4.74 Å². The molecule has 0 bridgehead atoms. The number of hydrogen-bond acceptors (Lipinski definition) is 3. The van der Waals surface area contributed by atoms with E-state index in [0.29, 0.717) is 6.04 Å². The number of rotatable bonds is 5. The van der Waals surface area contributed by atoms with E-state index in [-0.39, 0.29) is 0 Å². The van der Waals surface area contributed by atoms with E-state index >= 15 is 0 Å². The normalized spacial score (nSPS) is 25.9. The van der Waals surface area contributed by atoms with Crippen molar-refractivity contribution in [3.63, 3.8) is 0 Å². The van der Waals surface area contributed by atoms with Crippen molar-refractivity contribution in [1.29, 1.82) is 0 Å². The Bertz CT molecular complexity index is 460. The molecular formula is C17H26N2O. The average molecular weight is 274 g/mol. The van der Waals surface area contributed by atoms with Gasteiger partial charge in [0.15, 0.2) is 0 Å². The Balaban J connectivity index is 1.63. The van der Waals surface area contributed by atoms with Gasteiger partial charge in [-0.1, -0.05) is 13.0 Å². The van der Waals surface area contributed by atoms with E-state index < -0.39 is 0 Å². The molecule has 1 N–H and O–H groups in total. The molecule has 1 aromatic carbocycles. The molecule has 1 aliphatic carbocycles. The van der Waals surface area contributed by atoms with Gasteiger partial charge >= 0.3 is 0 Å². The predicted octanol–water partition coefficient (Wildman–Crippen LogP) is 2.76. The predicted molar refractivity (Wildman–Crippen MR) is 82.3 cm³/mol. The minimum absolute atomic E-state index is 0.513. The van der Waals surface area contributed by atoms with Crippen molar-refractivity contribution in [1.82, 2.24) is 10.2 Å². The lowest BCUT2D eigenvalue weighted by molar-refractivity contribution is 0.253. The van der Waals surface area contributed by atoms with E-state index in [9.17, 15) is 0 Å². The first-order valence-electron chi connectivity index (χ1n) is 7.96. The van der Waals surface area contributed by atoms with Gasteiger partial charge in [-0.25, -0.2) is 0 Å². The SMILES string of the molecule is CCN1CCCC1CNC1CCc2ccc(OC)cc21. The molecule has 3 heteroatoms. The van der Waals surface area contributed by atoms with Crippen molar-refractivity contribution in [2.45, 2.75) is 44.7 Å². The van der Waals surface area contributed by atoms with Gasteiger partial charge < -0.3 is 10.1 Å². The van der Waals surface area contributed by atoms with Crippen molar-refractivity contribution in [3.05, 3.63) is 29.3 Å². The molecular weight excluding hydrogens is 248 g/mol. The zero-order valence-corrected chi connectivity index (χ0v) is 12.7. The molecule has 1 saturated heterocycles. The summed E-state index contributed by atoms with van der Waals surface area (Å²) in [6.45, 7) is 5.85. The minimum Gasteiger partial charge on any atom is -0.497 e. The van der Waals surface area contributed by atoms with Crippen LogP contribution < -0.4 is 10.1 Å². The minimum atomic E-state index is 0.513. The number of hydrogen-bond donors (Lipinski definition) is 1. The van der Waals surface area contributed by atoms with E-state index in [4.69, 9.17) is 4.74 Å². The lowest BCUT2D eigenvalue weighted by Crippen LogP contribution is -2.38. The summed E-state index contributed by atoms with van der Waals surface area (Å²) in [5.41, 5.74) is 2.94. The molecule has 2 atom stereocenters. The molecule has 1 heterocycles. The summed E-state index contributed by atoms with van der Waals surface area (Å²) in [5, 5.41) is 3.80. The van der Waals surface area contributed by atoms with Gasteiger partial charge in [0.2, 0.25) is 0 Å². The van der Waals surface area contributed by atoms with Gasteiger partial charge in [0.05, 0.1) is 7.11 Å². The van der Waals surface area contributed by atoms with Gasteiger partial charge in [-0.2, -0.15) is 0 Å². The van der Waals surface area contributed by atoms with Crippen LogP contribution in [-0.2, 0) is 6.42 Å². The lowest BCUT2D eigenvalue weighted by Gasteiger charge is -2.25. The first kappa shape index (κ1) is 13.9. The molecule has 1 aromatic rings. The summed E-state index contributed by atoms with van der Waals surface area (Å²) >= 11 is 0. The third kappa shape index (κ3) is 2.70. The van der Waals surface area contributed by atoms with Crippen molar-refractivity contribution in [2.24, 2.45) is 0 Å². The molecule has 2 aliphatic rings. The second-order valence-corrected chi connectivity index (χ2v) is 5.99. The highest BCUT2D eigenvalue weighted by Crippen LogP contribution is 2.34. The Morgan fingerprint density at radius 3 is 3.05 bits per heavy atom. The number of methoxy groups -OCH3 is 1. The quantitative estimate of drug-likeness (QED) is 0.893. The van der Waals surface area contributed by atoms with E-state index in [1.54, 1.807) is 7.11 Å². The van der Waals surface area contributed by atoms with Crippen LogP contribution in [0.1, 0.15) is 43.4 Å². The van der Waals surface area contributed by atoms with Crippen molar-refractivity contribution in [3.8, 4) is 5.75 Å². The van der Waals surface area contributed by atoms with Gasteiger partial charge in [-0.3, -0.25) is 4.90 Å². The summed E-state index contributed by atoms with van der Waals surface area (Å²) in [6.07, 6.45) is 5.12. The number of nitrogens with zero attached hydrogens (tertiary/aromatic N) is 1. The molecule has 1 aliphatic heterocycles. The van der Waals surface area contributed by atoms with Gasteiger partial charge in [0, 0.05) is 18.6 Å². The maximum atomic E-state index is 5.36. The number of nitrogens with one attached hydrogen (secondary N) is 1. The van der Waals surface area contributed by atoms with Crippen molar-refractivity contribution >= 4 is 0 Å². The molecule has 3 nitrogen and oxygen atoms in total. The lowest BCUT2D eigenvalue weighted by atomic mass is 10.1. The molecule has 0 amide bonds. The Morgan fingerprint density at radius 2 is 2.25 bits per heavy atom. The zero-order chi connectivity index (χ0) is 13.9. The Hall–Kier alpha value is -1.06. The molecule has 20 heavy (non-hydrogen) atoms. The molecule has 1 fully saturated rings. The first-order valence-corrected chi connectivity index (χ1v) is 7.96. The molecule has 0 aromatic heterocycles. The second-order valence-electron chi connectivity index (χ2n) is 5.99. The number of fused-ring (bicyclic) bond motifs is 1. The van der Waals surface area contributed by atoms with Crippen molar-refractivity contribution in [2.75, 3.05) is 26.7 Å². The fourth-order valence-corrected chi connectivity index (χ4v) is 3.74. The maximum Gasteiger partial charge on any atom is 0.119 e. The number of benzene rings is 1. The van der Waals surface area contributed by atoms with Crippen LogP contribution in [0.5, 0.6) is 5.75 Å². The molecule has 0 spiro atoms. The topological polar surface area (TPSA) is 24.5 Å². The fraction of sp³-hybridized carbons (Fsp3) is 0.647. The first-order chi connectivity index (χ1) is 9.81. The van der Waals surface area contributed by atoms with Crippen LogP contribution in [0.25, 0.3) is 0 Å². The molecule has 3 rings (SSSR count). The summed E-state index contributed by atoms with van der Waals surface area (Å²) < 4.78 is 5.36. The van der Waals surface area contributed by atoms with Crippen LogP contribution in [0.2, 0.25) is 0 Å². The third-order valence-electron chi connectivity index (χ3n) is 4.94. The summed E-state index contributed by atoms with van der Waals surface area (Å²) in [5.74, 6) is 0.980. The maximum absolute atomic E-state index is 5.36. The molecule has 0 radical (unpaired) electrons. The number of likely N-dealkylation sites (tertiary alicyclic amines) is 1. The Labute approximate surface area is 122 Å². The molecule has 0 saturated carbocycles. The summed E-state index contributed by atoms with van der Waals surface area (Å²) in [7, 11) is 1.75. The third-order valence-corrected chi connectivity index (χ3v) is 4.94. The Kier molecular flexibility index (Phi) is 4.27. The van der Waals surface area contributed by atoms with Crippen LogP contribution in [-0.4, -0.2) is 37.7 Å². The average Bonchev–Trinajstić information content (AvgIpc) is 3.10. The van der Waals surface area contributed by atoms with Crippen LogP contribution in [0.4, 0.5) is 0 Å². The Morgan fingerprint density at radius 1 is 1.35 bits per heavy atom. The van der Waals surface area contributed by atoms with Crippen LogP contribution >= 0.6 is 0 Å². The largest absolute Gasteiger partial charge is 0.497 e. The highest BCUT2D eigenvalue weighted by atomic mass is 16.5. The highest BCUT2D eigenvalue weighted by molar-refractivity contribution is 5.40. The number of aryl methyl sites for hydroxylation is 1. The number of likely N-dealkylation sites (N-methyl/N-ethyl adjacent to an activating group) is 1. The second kappa shape index (κ2) is 6.15. The van der Waals surface area contributed by atoms with Crippen LogP contribution in [0.15, 0.2) is 18.2 Å². The summed E-state index contributed by atoms with van der Waals surface area (Å²) in [4.78, 5) is 2.61. The van der Waals surface area contributed by atoms with Gasteiger partial charge in [0.25, 0.3) is 0 Å². The van der Waals surface area contributed by atoms with E-state index in [2.05, 4.69) is 35.3 Å². The van der Waals surface area contributed by atoms with Crippen LogP contribution in [0, 0.1) is 0 Å². The van der Waals surface area contributed by atoms with Gasteiger partial charge in [-0.15, -0.1) is 0 Å². The highest BCUT2D eigenvalue weighted by Gasteiger charge is 2.26. The van der Waals surface area contributed by atoms with E-state index in [1.807, 2.05) is 0 Å². The molecule has 110 valence electrons. The molecule has 2 unspecified atom stereocenters. The van der Waals surface area contributed by atoms with E-state index in [1.165, 1.54) is 49.9 Å². The number of ether oxygens (including phenoxy) is 1. The van der Waals surface area contributed by atoms with Gasteiger partial charge in [0.1, 0.15) is 5.75 Å². The zero-order valence-electron chi connectivity index (χ0n) is 12.7. The monoisotopic (exact) mass is 274 g/mol. The fourth-order valence-electron chi connectivity index (χ4n) is 3.74.